The van der Waals surface area contributed by atoms with Gasteiger partial charge < -0.3 is 9.57 Å². The molecule has 82 valence electrons. The van der Waals surface area contributed by atoms with Gasteiger partial charge in [0.2, 0.25) is 0 Å². The average molecular weight is 216 g/mol. The highest BCUT2D eigenvalue weighted by atomic mass is 16.6. The van der Waals surface area contributed by atoms with Gasteiger partial charge in [0, 0.05) is 0 Å². The van der Waals surface area contributed by atoms with Crippen LogP contribution in [0, 0.1) is 11.3 Å². The number of benzene rings is 1. The number of nitriles is 1. The first-order chi connectivity index (χ1) is 7.80. The van der Waals surface area contributed by atoms with Gasteiger partial charge in [-0.2, -0.15) is 5.26 Å². The summed E-state index contributed by atoms with van der Waals surface area (Å²) in [5.74, 6) is 0.779. The molecular weight excluding hydrogens is 204 g/mol. The number of rotatable bonds is 4. The van der Waals surface area contributed by atoms with E-state index in [1.54, 1.807) is 13.2 Å². The zero-order chi connectivity index (χ0) is 11.8. The Morgan fingerprint density at radius 2 is 2.00 bits per heavy atom. The lowest BCUT2D eigenvalue weighted by Crippen LogP contribution is -1.84. The van der Waals surface area contributed by atoms with Crippen molar-refractivity contribution in [2.75, 3.05) is 14.2 Å². The minimum Gasteiger partial charge on any atom is -0.497 e. The van der Waals surface area contributed by atoms with Gasteiger partial charge in [-0.1, -0.05) is 17.3 Å². The van der Waals surface area contributed by atoms with Crippen LogP contribution in [0.5, 0.6) is 5.75 Å². The molecule has 0 fully saturated rings. The van der Waals surface area contributed by atoms with E-state index in [0.717, 1.165) is 11.3 Å². The molecular formula is C12H12N2O2. The maximum atomic E-state index is 8.82. The van der Waals surface area contributed by atoms with Crippen LogP contribution < -0.4 is 4.74 Å². The summed E-state index contributed by atoms with van der Waals surface area (Å²) in [6.07, 6.45) is 3.08. The largest absolute Gasteiger partial charge is 0.497 e. The van der Waals surface area contributed by atoms with E-state index in [9.17, 15) is 0 Å². The SMILES string of the molecule is CO/N=C\C(C#N)=C\c1ccc(OC)cc1. The van der Waals surface area contributed by atoms with Crippen LogP contribution in [-0.2, 0) is 4.84 Å². The van der Waals surface area contributed by atoms with Gasteiger partial charge in [-0.25, -0.2) is 0 Å². The fourth-order valence-corrected chi connectivity index (χ4v) is 1.09. The van der Waals surface area contributed by atoms with Crippen LogP contribution in [0.1, 0.15) is 5.56 Å². The molecule has 1 rings (SSSR count). The average Bonchev–Trinajstić information content (AvgIpc) is 2.35. The van der Waals surface area contributed by atoms with Gasteiger partial charge in [0.05, 0.1) is 18.9 Å². The van der Waals surface area contributed by atoms with Crippen molar-refractivity contribution < 1.29 is 9.57 Å². The standard InChI is InChI=1S/C12H12N2O2/c1-15-12-5-3-10(4-6-12)7-11(8-13)9-14-16-2/h3-7,9H,1-2H3/b11-7+,14-9-. The molecule has 0 amide bonds. The Morgan fingerprint density at radius 1 is 1.31 bits per heavy atom. The molecule has 0 atom stereocenters. The van der Waals surface area contributed by atoms with Crippen molar-refractivity contribution in [1.82, 2.24) is 0 Å². The lowest BCUT2D eigenvalue weighted by atomic mass is 10.1. The lowest BCUT2D eigenvalue weighted by Gasteiger charge is -1.99. The molecule has 0 aliphatic heterocycles. The van der Waals surface area contributed by atoms with Gasteiger partial charge in [0.25, 0.3) is 0 Å². The highest BCUT2D eigenvalue weighted by Gasteiger charge is 1.94. The monoisotopic (exact) mass is 216 g/mol. The topological polar surface area (TPSA) is 54.6 Å². The number of methoxy groups -OCH3 is 1. The van der Waals surface area contributed by atoms with Crippen molar-refractivity contribution in [3.05, 3.63) is 35.4 Å². The van der Waals surface area contributed by atoms with E-state index in [1.165, 1.54) is 13.3 Å². The second-order valence-corrected chi connectivity index (χ2v) is 2.90. The summed E-state index contributed by atoms with van der Waals surface area (Å²) in [6, 6.07) is 9.39. The summed E-state index contributed by atoms with van der Waals surface area (Å²) < 4.78 is 5.03. The second kappa shape index (κ2) is 6.25. The van der Waals surface area contributed by atoms with E-state index in [0.29, 0.717) is 5.57 Å². The molecule has 0 bridgehead atoms. The van der Waals surface area contributed by atoms with Gasteiger partial charge in [0.15, 0.2) is 0 Å². The van der Waals surface area contributed by atoms with E-state index < -0.39 is 0 Å². The number of allylic oxidation sites excluding steroid dienone is 1. The van der Waals surface area contributed by atoms with Crippen molar-refractivity contribution in [3.63, 3.8) is 0 Å². The third kappa shape index (κ3) is 3.46. The molecule has 4 heteroatoms. The van der Waals surface area contributed by atoms with Gasteiger partial charge in [-0.3, -0.25) is 0 Å². The first-order valence-corrected chi connectivity index (χ1v) is 4.62. The third-order valence-corrected chi connectivity index (χ3v) is 1.86. The molecule has 16 heavy (non-hydrogen) atoms. The molecule has 0 spiro atoms. The predicted octanol–water partition coefficient (Wildman–Crippen LogP) is 2.23. The normalized spacial score (nSPS) is 11.2. The number of ether oxygens (including phenoxy) is 1. The van der Waals surface area contributed by atoms with E-state index >= 15 is 0 Å². The Kier molecular flexibility index (Phi) is 4.61. The molecule has 0 unspecified atom stereocenters. The van der Waals surface area contributed by atoms with Crippen LogP contribution in [0.15, 0.2) is 35.0 Å². The predicted molar refractivity (Wildman–Crippen MR) is 62.1 cm³/mol. The lowest BCUT2D eigenvalue weighted by molar-refractivity contribution is 0.215. The summed E-state index contributed by atoms with van der Waals surface area (Å²) in [5.41, 5.74) is 1.33. The van der Waals surface area contributed by atoms with Crippen molar-refractivity contribution in [3.8, 4) is 11.8 Å². The fraction of sp³-hybridized carbons (Fsp3) is 0.167. The van der Waals surface area contributed by atoms with E-state index in [2.05, 4.69) is 9.99 Å². The van der Waals surface area contributed by atoms with Gasteiger partial charge in [-0.05, 0) is 23.8 Å². The van der Waals surface area contributed by atoms with Crippen molar-refractivity contribution in [2.24, 2.45) is 5.16 Å². The zero-order valence-electron chi connectivity index (χ0n) is 9.18. The van der Waals surface area contributed by atoms with Crippen LogP contribution in [-0.4, -0.2) is 20.4 Å². The highest BCUT2D eigenvalue weighted by molar-refractivity contribution is 5.90. The maximum absolute atomic E-state index is 8.82. The number of oxime groups is 1. The second-order valence-electron chi connectivity index (χ2n) is 2.90. The van der Waals surface area contributed by atoms with Crippen molar-refractivity contribution >= 4 is 12.3 Å². The minimum absolute atomic E-state index is 0.423. The maximum Gasteiger partial charge on any atom is 0.118 e. The van der Waals surface area contributed by atoms with E-state index in [4.69, 9.17) is 10.00 Å². The number of nitrogens with zero attached hydrogens (tertiary/aromatic N) is 2. The van der Waals surface area contributed by atoms with E-state index in [1.807, 2.05) is 30.3 Å². The molecule has 1 aromatic carbocycles. The fourth-order valence-electron chi connectivity index (χ4n) is 1.09. The van der Waals surface area contributed by atoms with Crippen molar-refractivity contribution in [2.45, 2.75) is 0 Å². The van der Waals surface area contributed by atoms with Crippen LogP contribution >= 0.6 is 0 Å². The summed E-state index contributed by atoms with van der Waals surface area (Å²) in [5, 5.41) is 12.4. The molecule has 4 nitrogen and oxygen atoms in total. The molecule has 0 aliphatic rings. The van der Waals surface area contributed by atoms with Crippen LogP contribution in [0.2, 0.25) is 0 Å². The molecule has 0 aromatic heterocycles. The Balaban J connectivity index is 2.87. The Morgan fingerprint density at radius 3 is 2.50 bits per heavy atom. The number of hydrogen-bond donors (Lipinski definition) is 0. The molecule has 0 heterocycles. The smallest absolute Gasteiger partial charge is 0.118 e. The molecule has 0 saturated carbocycles. The van der Waals surface area contributed by atoms with Crippen LogP contribution in [0.25, 0.3) is 6.08 Å². The Hall–Kier alpha value is -2.28. The van der Waals surface area contributed by atoms with Crippen molar-refractivity contribution in [1.29, 1.82) is 5.26 Å². The minimum atomic E-state index is 0.423. The molecule has 0 N–H and O–H groups in total. The summed E-state index contributed by atoms with van der Waals surface area (Å²) in [6.45, 7) is 0. The quantitative estimate of drug-likeness (QED) is 0.440. The highest BCUT2D eigenvalue weighted by Crippen LogP contribution is 2.13. The van der Waals surface area contributed by atoms with Gasteiger partial charge in [0.1, 0.15) is 18.9 Å². The molecule has 0 saturated heterocycles. The summed E-state index contributed by atoms with van der Waals surface area (Å²) in [4.78, 5) is 4.51. The van der Waals surface area contributed by atoms with Crippen LogP contribution in [0.3, 0.4) is 0 Å². The molecule has 1 aromatic rings. The summed E-state index contributed by atoms with van der Waals surface area (Å²) in [7, 11) is 3.04. The Labute approximate surface area is 94.4 Å². The Bertz CT molecular complexity index is 427. The van der Waals surface area contributed by atoms with Crippen LogP contribution in [0.4, 0.5) is 0 Å². The molecule has 0 aliphatic carbocycles. The third-order valence-electron chi connectivity index (χ3n) is 1.86. The van der Waals surface area contributed by atoms with Gasteiger partial charge >= 0.3 is 0 Å². The molecule has 0 radical (unpaired) electrons. The first kappa shape index (κ1) is 11.8. The summed E-state index contributed by atoms with van der Waals surface area (Å²) >= 11 is 0. The van der Waals surface area contributed by atoms with E-state index in [-0.39, 0.29) is 0 Å². The first-order valence-electron chi connectivity index (χ1n) is 4.62. The number of hydrogen-bond acceptors (Lipinski definition) is 4. The van der Waals surface area contributed by atoms with Gasteiger partial charge in [-0.15, -0.1) is 0 Å². The zero-order valence-corrected chi connectivity index (χ0v) is 9.18.